The third-order valence-corrected chi connectivity index (χ3v) is 19.2. The maximum Gasteiger partial charge on any atom is 0.305 e. The summed E-state index contributed by atoms with van der Waals surface area (Å²) in [6.07, 6.45) is 84.3. The molecule has 0 aromatic heterocycles. The number of allylic oxidation sites excluding steroid dienone is 7. The summed E-state index contributed by atoms with van der Waals surface area (Å²) < 4.78 is 16.8. The maximum absolute atomic E-state index is 13.1. The number of carbonyl (C=O) groups is 2. The van der Waals surface area contributed by atoms with E-state index in [-0.39, 0.29) is 18.5 Å². The summed E-state index contributed by atoms with van der Waals surface area (Å²) in [4.78, 5) is 25.1. The van der Waals surface area contributed by atoms with Crippen LogP contribution in [0, 0.1) is 0 Å². The largest absolute Gasteiger partial charge is 0.466 e. The molecule has 0 saturated carbocycles. The molecule has 7 unspecified atom stereocenters. The van der Waals surface area contributed by atoms with Gasteiger partial charge in [-0.1, -0.05) is 358 Å². The number of hydrogen-bond acceptors (Lipinski definition) is 10. The number of hydrogen-bond donors (Lipinski definition) is 6. The standard InChI is InChI=1S/C82H153NO10/c1-3-5-7-9-11-13-15-17-45-48-52-56-60-64-68-75(85)74(73-92-82-81(90)80(89)79(88)76(72-84)93-82)83-77(86)69-65-61-57-53-49-46-43-41-39-37-35-33-31-29-27-25-23-21-19-18-20-22-24-26-28-30-32-34-36-38-40-42-44-47-51-55-59-63-67-71-91-78(87)70-66-62-58-54-50-16-14-12-10-8-6-4-2/h18-19,22,24,48,52,64,68,74-76,79-82,84-85,88-90H,3-17,20-21,23,25-47,49-51,53-63,65-67,69-73H2,1-2H3,(H,83,86)/b19-18-,24-22-,52-48+,68-64+. The number of ether oxygens (including phenoxy) is 3. The van der Waals surface area contributed by atoms with Crippen LogP contribution < -0.4 is 5.32 Å². The lowest BCUT2D eigenvalue weighted by Crippen LogP contribution is -2.60. The molecule has 6 N–H and O–H groups in total. The summed E-state index contributed by atoms with van der Waals surface area (Å²) in [5.74, 6) is -0.171. The normalized spacial score (nSPS) is 17.7. The van der Waals surface area contributed by atoms with Crippen molar-refractivity contribution in [2.45, 2.75) is 442 Å². The number of amides is 1. The van der Waals surface area contributed by atoms with Crippen LogP contribution in [0.2, 0.25) is 0 Å². The highest BCUT2D eigenvalue weighted by molar-refractivity contribution is 5.76. The summed E-state index contributed by atoms with van der Waals surface area (Å²) in [5.41, 5.74) is 0. The molecule has 7 atom stereocenters. The number of aliphatic hydroxyl groups excluding tert-OH is 5. The van der Waals surface area contributed by atoms with Gasteiger partial charge in [-0.05, 0) is 77.0 Å². The average Bonchev–Trinajstić information content (AvgIpc) is 0.900. The number of aliphatic hydroxyl groups is 5. The van der Waals surface area contributed by atoms with Gasteiger partial charge in [0.1, 0.15) is 24.4 Å². The Morgan fingerprint density at radius 1 is 0.398 bits per heavy atom. The lowest BCUT2D eigenvalue weighted by molar-refractivity contribution is -0.302. The van der Waals surface area contributed by atoms with Crippen molar-refractivity contribution >= 4 is 11.9 Å². The number of rotatable bonds is 72. The Morgan fingerprint density at radius 2 is 0.731 bits per heavy atom. The van der Waals surface area contributed by atoms with Crippen molar-refractivity contribution in [1.29, 1.82) is 0 Å². The molecule has 1 rings (SSSR count). The topological polar surface area (TPSA) is 175 Å². The SMILES string of the molecule is CCCCCCCCCC/C=C/CC/C=C/C(O)C(COC1OC(CO)C(O)C(O)C1O)NC(=O)CCCCCCCCCCCCCCCCCCC/C=C\C/C=C\CCCCCCCCCCCCCCCCCOC(=O)CCCCCCCCCCCCCC. The zero-order valence-electron chi connectivity index (χ0n) is 61.0. The first-order chi connectivity index (χ1) is 45.7. The second-order valence-corrected chi connectivity index (χ2v) is 28.1. The van der Waals surface area contributed by atoms with Crippen LogP contribution in [0.25, 0.3) is 0 Å². The fourth-order valence-corrected chi connectivity index (χ4v) is 12.8. The van der Waals surface area contributed by atoms with E-state index in [0.29, 0.717) is 19.4 Å². The lowest BCUT2D eigenvalue weighted by Gasteiger charge is -2.40. The van der Waals surface area contributed by atoms with Crippen LogP contribution in [0.4, 0.5) is 0 Å². The molecule has 1 saturated heterocycles. The van der Waals surface area contributed by atoms with Crippen LogP contribution in [-0.4, -0.2) is 100 Å². The maximum atomic E-state index is 13.1. The van der Waals surface area contributed by atoms with Crippen molar-refractivity contribution in [1.82, 2.24) is 5.32 Å². The Balaban J connectivity index is 1.92. The minimum Gasteiger partial charge on any atom is -0.466 e. The predicted octanol–water partition coefficient (Wildman–Crippen LogP) is 21.9. The fraction of sp³-hybridized carbons (Fsp3) is 0.878. The Bertz CT molecular complexity index is 1690. The third-order valence-electron chi connectivity index (χ3n) is 19.2. The minimum absolute atomic E-state index is 0.0156. The molecule has 0 radical (unpaired) electrons. The van der Waals surface area contributed by atoms with E-state index >= 15 is 0 Å². The quantitative estimate of drug-likeness (QED) is 0.0195. The van der Waals surface area contributed by atoms with Gasteiger partial charge in [-0.3, -0.25) is 9.59 Å². The first kappa shape index (κ1) is 88.6. The second kappa shape index (κ2) is 70.9. The molecule has 1 aliphatic heterocycles. The molecular weight excluding hydrogens is 1160 g/mol. The summed E-state index contributed by atoms with van der Waals surface area (Å²) >= 11 is 0. The van der Waals surface area contributed by atoms with Crippen LogP contribution in [0.5, 0.6) is 0 Å². The first-order valence-electron chi connectivity index (χ1n) is 40.4. The highest BCUT2D eigenvalue weighted by Gasteiger charge is 2.44. The molecule has 0 aliphatic carbocycles. The summed E-state index contributed by atoms with van der Waals surface area (Å²) in [7, 11) is 0. The van der Waals surface area contributed by atoms with Crippen LogP contribution in [-0.2, 0) is 23.8 Å². The van der Waals surface area contributed by atoms with E-state index in [4.69, 9.17) is 14.2 Å². The Kier molecular flexibility index (Phi) is 67.6. The number of nitrogens with one attached hydrogen (secondary N) is 1. The molecule has 11 heteroatoms. The van der Waals surface area contributed by atoms with Crippen molar-refractivity contribution in [2.24, 2.45) is 0 Å². The molecule has 0 bridgehead atoms. The van der Waals surface area contributed by atoms with Crippen molar-refractivity contribution in [3.05, 3.63) is 48.6 Å². The Labute approximate surface area is 574 Å². The molecule has 93 heavy (non-hydrogen) atoms. The van der Waals surface area contributed by atoms with Gasteiger partial charge in [-0.25, -0.2) is 0 Å². The van der Waals surface area contributed by atoms with Crippen LogP contribution in [0.3, 0.4) is 0 Å². The lowest BCUT2D eigenvalue weighted by atomic mass is 9.99. The summed E-state index contributed by atoms with van der Waals surface area (Å²) in [6, 6.07) is -0.826. The first-order valence-corrected chi connectivity index (χ1v) is 40.4. The second-order valence-electron chi connectivity index (χ2n) is 28.1. The highest BCUT2D eigenvalue weighted by Crippen LogP contribution is 2.24. The van der Waals surface area contributed by atoms with Crippen LogP contribution >= 0.6 is 0 Å². The third kappa shape index (κ3) is 59.4. The van der Waals surface area contributed by atoms with Gasteiger partial charge in [-0.15, -0.1) is 0 Å². The highest BCUT2D eigenvalue weighted by atomic mass is 16.7. The van der Waals surface area contributed by atoms with Gasteiger partial charge in [0.2, 0.25) is 5.91 Å². The fourth-order valence-electron chi connectivity index (χ4n) is 12.8. The minimum atomic E-state index is -1.58. The number of esters is 1. The van der Waals surface area contributed by atoms with E-state index in [1.165, 1.54) is 315 Å². The van der Waals surface area contributed by atoms with Gasteiger partial charge in [-0.2, -0.15) is 0 Å². The smallest absolute Gasteiger partial charge is 0.305 e. The Hall–Kier alpha value is -2.38. The van der Waals surface area contributed by atoms with E-state index in [9.17, 15) is 35.1 Å². The molecule has 546 valence electrons. The molecule has 0 aromatic carbocycles. The monoisotopic (exact) mass is 1310 g/mol. The van der Waals surface area contributed by atoms with Gasteiger partial charge in [0.05, 0.1) is 32.0 Å². The zero-order chi connectivity index (χ0) is 67.2. The Morgan fingerprint density at radius 3 is 1.13 bits per heavy atom. The molecule has 1 amide bonds. The molecular formula is C82H153NO10. The van der Waals surface area contributed by atoms with Gasteiger partial charge < -0.3 is 45.1 Å². The molecule has 1 aliphatic rings. The van der Waals surface area contributed by atoms with E-state index in [0.717, 1.165) is 57.8 Å². The van der Waals surface area contributed by atoms with Gasteiger partial charge in [0, 0.05) is 12.8 Å². The van der Waals surface area contributed by atoms with Gasteiger partial charge >= 0.3 is 5.97 Å². The van der Waals surface area contributed by atoms with Crippen LogP contribution in [0.15, 0.2) is 48.6 Å². The molecule has 0 spiro atoms. The van der Waals surface area contributed by atoms with E-state index in [2.05, 4.69) is 55.6 Å². The predicted molar refractivity (Wildman–Crippen MR) is 394 cm³/mol. The zero-order valence-corrected chi connectivity index (χ0v) is 61.0. The number of unbranched alkanes of at least 4 members (excludes halogenated alkanes) is 52. The van der Waals surface area contributed by atoms with Crippen LogP contribution in [0.1, 0.15) is 399 Å². The molecule has 0 aromatic rings. The van der Waals surface area contributed by atoms with E-state index < -0.39 is 49.5 Å². The van der Waals surface area contributed by atoms with E-state index in [1.807, 2.05) is 6.08 Å². The van der Waals surface area contributed by atoms with Crippen molar-refractivity contribution in [2.75, 3.05) is 19.8 Å². The van der Waals surface area contributed by atoms with E-state index in [1.54, 1.807) is 6.08 Å². The van der Waals surface area contributed by atoms with Crippen molar-refractivity contribution in [3.63, 3.8) is 0 Å². The van der Waals surface area contributed by atoms with Crippen molar-refractivity contribution < 1.29 is 49.3 Å². The molecule has 11 nitrogen and oxygen atoms in total. The average molecular weight is 1310 g/mol. The number of carbonyl (C=O) groups excluding carboxylic acids is 2. The molecule has 1 fully saturated rings. The summed E-state index contributed by atoms with van der Waals surface area (Å²) in [6.45, 7) is 4.37. The van der Waals surface area contributed by atoms with Gasteiger partial charge in [0.25, 0.3) is 0 Å². The van der Waals surface area contributed by atoms with Crippen molar-refractivity contribution in [3.8, 4) is 0 Å². The van der Waals surface area contributed by atoms with Gasteiger partial charge in [0.15, 0.2) is 6.29 Å². The molecule has 1 heterocycles. The summed E-state index contributed by atoms with van der Waals surface area (Å²) in [5, 5.41) is 54.6.